The minimum atomic E-state index is -0.766. The Balaban J connectivity index is 1.26. The summed E-state index contributed by atoms with van der Waals surface area (Å²) in [6.45, 7) is 1.32. The summed E-state index contributed by atoms with van der Waals surface area (Å²) in [6.07, 6.45) is 8.92. The Hall–Kier alpha value is -3.86. The third-order valence-corrected chi connectivity index (χ3v) is 9.40. The highest BCUT2D eigenvalue weighted by atomic mass is 16.5. The van der Waals surface area contributed by atoms with Gasteiger partial charge in [0.2, 0.25) is 0 Å². The highest BCUT2D eigenvalue weighted by Gasteiger charge is 2.45. The highest BCUT2D eigenvalue weighted by molar-refractivity contribution is 6.04. The van der Waals surface area contributed by atoms with E-state index in [1.54, 1.807) is 0 Å². The summed E-state index contributed by atoms with van der Waals surface area (Å²) in [6, 6.07) is 24.3. The van der Waals surface area contributed by atoms with Crippen LogP contribution in [0.4, 0.5) is 0 Å². The fraction of sp³-hybridized carbons (Fsp3) is 0.371. The molecular formula is C35H36N2O3. The maximum absolute atomic E-state index is 13.7. The van der Waals surface area contributed by atoms with Crippen molar-refractivity contribution < 1.29 is 14.3 Å². The van der Waals surface area contributed by atoms with E-state index in [0.717, 1.165) is 35.4 Å². The minimum Gasteiger partial charge on any atom is -0.491 e. The molecule has 2 saturated carbocycles. The summed E-state index contributed by atoms with van der Waals surface area (Å²) in [5.41, 5.74) is 5.72. The van der Waals surface area contributed by atoms with E-state index in [1.165, 1.54) is 48.7 Å². The van der Waals surface area contributed by atoms with E-state index in [9.17, 15) is 9.59 Å². The summed E-state index contributed by atoms with van der Waals surface area (Å²) in [5, 5.41) is 4.43. The van der Waals surface area contributed by atoms with E-state index < -0.39 is 5.54 Å². The van der Waals surface area contributed by atoms with E-state index >= 15 is 0 Å². The first kappa shape index (κ1) is 25.1. The van der Waals surface area contributed by atoms with Gasteiger partial charge in [0.15, 0.2) is 5.78 Å². The van der Waals surface area contributed by atoms with E-state index in [-0.39, 0.29) is 11.7 Å². The number of ether oxygens (including phenoxy) is 1. The van der Waals surface area contributed by atoms with Crippen molar-refractivity contribution in [2.75, 3.05) is 6.61 Å². The van der Waals surface area contributed by atoms with Crippen LogP contribution in [-0.4, -0.2) is 28.4 Å². The molecule has 1 aromatic heterocycles. The fourth-order valence-electron chi connectivity index (χ4n) is 7.12. The zero-order chi connectivity index (χ0) is 27.1. The number of fused-ring (bicyclic) bond motifs is 5. The van der Waals surface area contributed by atoms with Gasteiger partial charge < -0.3 is 14.6 Å². The normalized spacial score (nSPS) is 18.1. The van der Waals surface area contributed by atoms with Gasteiger partial charge in [-0.3, -0.25) is 9.59 Å². The maximum atomic E-state index is 13.7. The van der Waals surface area contributed by atoms with E-state index in [2.05, 4.69) is 34.1 Å². The smallest absolute Gasteiger partial charge is 0.252 e. The Labute approximate surface area is 235 Å². The van der Waals surface area contributed by atoms with Crippen molar-refractivity contribution in [2.24, 2.45) is 0 Å². The molecule has 1 N–H and O–H groups in total. The molecule has 3 aliphatic rings. The van der Waals surface area contributed by atoms with Gasteiger partial charge in [-0.25, -0.2) is 0 Å². The standard InChI is InChI=1S/C35H36N2O3/c38-31(22-24-10-3-1-4-11-24)35(18-9-19-35)36-34(39)26-16-17-27-29(23-26)37-20-21-40-30-15-8-7-14-28(30)33(37)32(27)25-12-5-2-6-13-25/h1,3-4,7-8,10-11,14-17,23,25H,2,5-6,9,12-13,18-22H2,(H,36,39). The maximum Gasteiger partial charge on any atom is 0.252 e. The molecule has 0 atom stereocenters. The van der Waals surface area contributed by atoms with Gasteiger partial charge in [-0.1, -0.05) is 67.8 Å². The van der Waals surface area contributed by atoms with Crippen molar-refractivity contribution >= 4 is 22.6 Å². The average Bonchev–Trinajstić information content (AvgIpc) is 3.16. The Morgan fingerprint density at radius 3 is 2.45 bits per heavy atom. The van der Waals surface area contributed by atoms with E-state index in [1.807, 2.05) is 48.5 Å². The number of carbonyl (C=O) groups excluding carboxylic acids is 2. The average molecular weight is 533 g/mol. The lowest BCUT2D eigenvalue weighted by Crippen LogP contribution is -2.59. The molecule has 5 nitrogen and oxygen atoms in total. The quantitative estimate of drug-likeness (QED) is 0.285. The molecule has 0 radical (unpaired) electrons. The van der Waals surface area contributed by atoms with Crippen molar-refractivity contribution in [2.45, 2.75) is 75.8 Å². The number of benzene rings is 3. The molecule has 5 heteroatoms. The number of nitrogens with one attached hydrogen (secondary N) is 1. The molecule has 3 aromatic carbocycles. The van der Waals surface area contributed by atoms with Crippen molar-refractivity contribution in [1.29, 1.82) is 0 Å². The first-order chi connectivity index (χ1) is 19.6. The summed E-state index contributed by atoms with van der Waals surface area (Å²) in [7, 11) is 0. The molecule has 0 spiro atoms. The lowest BCUT2D eigenvalue weighted by atomic mass is 9.72. The molecule has 4 aromatic rings. The van der Waals surface area contributed by atoms with Crippen LogP contribution in [0, 0.1) is 0 Å². The Morgan fingerprint density at radius 1 is 0.900 bits per heavy atom. The summed E-state index contributed by atoms with van der Waals surface area (Å²) in [4.78, 5) is 27.1. The zero-order valence-corrected chi connectivity index (χ0v) is 23.0. The number of nitrogens with zero attached hydrogens (tertiary/aromatic N) is 1. The number of carbonyl (C=O) groups is 2. The summed E-state index contributed by atoms with van der Waals surface area (Å²) in [5.74, 6) is 1.38. The van der Waals surface area contributed by atoms with Crippen LogP contribution in [0.15, 0.2) is 72.8 Å². The first-order valence-corrected chi connectivity index (χ1v) is 14.9. The Kier molecular flexibility index (Phi) is 6.45. The Morgan fingerprint density at radius 2 is 1.68 bits per heavy atom. The van der Waals surface area contributed by atoms with Crippen molar-refractivity contribution in [3.63, 3.8) is 0 Å². The molecule has 0 bridgehead atoms. The van der Waals surface area contributed by atoms with Gasteiger partial charge >= 0.3 is 0 Å². The van der Waals surface area contributed by atoms with Crippen LogP contribution >= 0.6 is 0 Å². The molecule has 2 heterocycles. The summed E-state index contributed by atoms with van der Waals surface area (Å²) < 4.78 is 8.56. The molecular weight excluding hydrogens is 496 g/mol. The third-order valence-electron chi connectivity index (χ3n) is 9.40. The van der Waals surface area contributed by atoms with Crippen molar-refractivity contribution in [3.8, 4) is 17.0 Å². The fourth-order valence-corrected chi connectivity index (χ4v) is 7.12. The van der Waals surface area contributed by atoms with Gasteiger partial charge in [0.25, 0.3) is 5.91 Å². The Bertz CT molecular complexity index is 1580. The number of rotatable bonds is 6. The van der Waals surface area contributed by atoms with Crippen molar-refractivity contribution in [3.05, 3.63) is 89.5 Å². The topological polar surface area (TPSA) is 60.3 Å². The molecule has 0 unspecified atom stereocenters. The number of hydrogen-bond acceptors (Lipinski definition) is 3. The van der Waals surface area contributed by atoms with E-state index in [0.29, 0.717) is 37.4 Å². The first-order valence-electron chi connectivity index (χ1n) is 14.9. The zero-order valence-electron chi connectivity index (χ0n) is 23.0. The number of hydrogen-bond donors (Lipinski definition) is 1. The van der Waals surface area contributed by atoms with Crippen LogP contribution in [0.25, 0.3) is 22.2 Å². The predicted molar refractivity (Wildman–Crippen MR) is 158 cm³/mol. The van der Waals surface area contributed by atoms with Crippen LogP contribution in [0.3, 0.4) is 0 Å². The molecule has 0 saturated heterocycles. The monoisotopic (exact) mass is 532 g/mol. The van der Waals surface area contributed by atoms with Gasteiger partial charge in [0.05, 0.1) is 17.8 Å². The number of amides is 1. The predicted octanol–water partition coefficient (Wildman–Crippen LogP) is 7.21. The van der Waals surface area contributed by atoms with Crippen LogP contribution < -0.4 is 10.1 Å². The van der Waals surface area contributed by atoms with E-state index in [4.69, 9.17) is 4.74 Å². The number of Topliss-reactive ketones (excluding diaryl/α,β-unsaturated/α-hetero) is 1. The van der Waals surface area contributed by atoms with Crippen LogP contribution in [0.1, 0.15) is 78.8 Å². The van der Waals surface area contributed by atoms with Gasteiger partial charge in [-0.2, -0.15) is 0 Å². The second-order valence-electron chi connectivity index (χ2n) is 11.8. The molecule has 204 valence electrons. The van der Waals surface area contributed by atoms with Crippen LogP contribution in [0.5, 0.6) is 5.75 Å². The second kappa shape index (κ2) is 10.3. The number of para-hydroxylation sites is 1. The minimum absolute atomic E-state index is 0.101. The third kappa shape index (κ3) is 4.32. The van der Waals surface area contributed by atoms with Gasteiger partial charge in [0, 0.05) is 28.5 Å². The molecule has 1 amide bonds. The molecule has 2 fully saturated rings. The highest BCUT2D eigenvalue weighted by Crippen LogP contribution is 2.47. The van der Waals surface area contributed by atoms with Crippen LogP contribution in [0.2, 0.25) is 0 Å². The molecule has 2 aliphatic carbocycles. The number of ketones is 1. The van der Waals surface area contributed by atoms with Crippen molar-refractivity contribution in [1.82, 2.24) is 9.88 Å². The second-order valence-corrected chi connectivity index (χ2v) is 11.8. The largest absolute Gasteiger partial charge is 0.491 e. The molecule has 7 rings (SSSR count). The lowest BCUT2D eigenvalue weighted by Gasteiger charge is -2.41. The van der Waals surface area contributed by atoms with Crippen LogP contribution in [-0.2, 0) is 17.8 Å². The van der Waals surface area contributed by atoms with Gasteiger partial charge in [-0.05, 0) is 73.4 Å². The van der Waals surface area contributed by atoms with Gasteiger partial charge in [0.1, 0.15) is 12.4 Å². The number of aromatic nitrogens is 1. The van der Waals surface area contributed by atoms with Gasteiger partial charge in [-0.15, -0.1) is 0 Å². The molecule has 40 heavy (non-hydrogen) atoms. The summed E-state index contributed by atoms with van der Waals surface area (Å²) >= 11 is 0. The SMILES string of the molecule is O=C(NC1(C(=O)Cc2ccccc2)CCC1)c1ccc2c(C3CCCCC3)c3n(c2c1)CCOc1ccccc1-3. The lowest BCUT2D eigenvalue weighted by molar-refractivity contribution is -0.127. The molecule has 1 aliphatic heterocycles.